The molecule has 92 valence electrons. The smallest absolute Gasteiger partial charge is 0.332 e. The second-order valence-electron chi connectivity index (χ2n) is 3.78. The number of carbonyl (C=O) groups excluding carboxylic acids is 2. The molecular weight excluding hydrogens is 242 g/mol. The standard InChI is InChI=1S/C12H14ClNO3/c1-12(8-13,11(16)17-2)14-10(15)9-6-4-3-5-7-9/h3-7H,8H2,1-2H3,(H,14,15). The second-order valence-corrected chi connectivity index (χ2v) is 4.04. The van der Waals surface area contributed by atoms with E-state index in [4.69, 9.17) is 11.6 Å². The number of rotatable bonds is 4. The SMILES string of the molecule is COC(=O)C(C)(CCl)NC(=O)c1ccccc1. The van der Waals surface area contributed by atoms with E-state index in [1.54, 1.807) is 30.3 Å². The quantitative estimate of drug-likeness (QED) is 0.657. The molecule has 1 rings (SSSR count). The van der Waals surface area contributed by atoms with Gasteiger partial charge in [-0.3, -0.25) is 4.79 Å². The minimum absolute atomic E-state index is 0.0573. The summed E-state index contributed by atoms with van der Waals surface area (Å²) in [5.41, 5.74) is -0.754. The number of hydrogen-bond donors (Lipinski definition) is 1. The van der Waals surface area contributed by atoms with Crippen LogP contribution in [0.5, 0.6) is 0 Å². The lowest BCUT2D eigenvalue weighted by atomic mass is 10.0. The van der Waals surface area contributed by atoms with Crippen LogP contribution in [0, 0.1) is 0 Å². The third-order valence-corrected chi connectivity index (χ3v) is 2.86. The van der Waals surface area contributed by atoms with Gasteiger partial charge >= 0.3 is 5.97 Å². The molecule has 0 fully saturated rings. The summed E-state index contributed by atoms with van der Waals surface area (Å²) < 4.78 is 4.60. The molecule has 0 aliphatic carbocycles. The maximum absolute atomic E-state index is 11.9. The van der Waals surface area contributed by atoms with Gasteiger partial charge in [-0.15, -0.1) is 11.6 Å². The van der Waals surface area contributed by atoms with Crippen molar-refractivity contribution in [2.45, 2.75) is 12.5 Å². The van der Waals surface area contributed by atoms with Gasteiger partial charge in [0, 0.05) is 5.56 Å². The molecule has 0 aliphatic rings. The third kappa shape index (κ3) is 3.20. The highest BCUT2D eigenvalue weighted by Crippen LogP contribution is 2.10. The van der Waals surface area contributed by atoms with Gasteiger partial charge in [-0.25, -0.2) is 4.79 Å². The molecular formula is C12H14ClNO3. The first-order valence-electron chi connectivity index (χ1n) is 5.05. The van der Waals surface area contributed by atoms with Crippen molar-refractivity contribution < 1.29 is 14.3 Å². The summed E-state index contributed by atoms with van der Waals surface area (Å²) in [5, 5.41) is 2.56. The van der Waals surface area contributed by atoms with E-state index < -0.39 is 11.5 Å². The zero-order chi connectivity index (χ0) is 12.9. The fourth-order valence-electron chi connectivity index (χ4n) is 1.28. The van der Waals surface area contributed by atoms with Crippen molar-refractivity contribution in [3.8, 4) is 0 Å². The van der Waals surface area contributed by atoms with Gasteiger partial charge in [0.1, 0.15) is 5.54 Å². The average Bonchev–Trinajstić information content (AvgIpc) is 2.38. The summed E-state index contributed by atoms with van der Waals surface area (Å²) in [6, 6.07) is 8.59. The second kappa shape index (κ2) is 5.68. The first-order chi connectivity index (χ1) is 8.03. The van der Waals surface area contributed by atoms with Crippen molar-refractivity contribution in [3.05, 3.63) is 35.9 Å². The van der Waals surface area contributed by atoms with Crippen molar-refractivity contribution in [2.75, 3.05) is 13.0 Å². The topological polar surface area (TPSA) is 55.4 Å². The molecule has 1 aromatic rings. The van der Waals surface area contributed by atoms with Crippen LogP contribution in [-0.2, 0) is 9.53 Å². The average molecular weight is 256 g/mol. The molecule has 1 aromatic carbocycles. The van der Waals surface area contributed by atoms with Gasteiger partial charge in [0.05, 0.1) is 13.0 Å². The zero-order valence-electron chi connectivity index (χ0n) is 9.70. The summed E-state index contributed by atoms with van der Waals surface area (Å²) in [7, 11) is 1.25. The molecule has 1 atom stereocenters. The Kier molecular flexibility index (Phi) is 4.52. The fourth-order valence-corrected chi connectivity index (χ4v) is 1.45. The minimum Gasteiger partial charge on any atom is -0.467 e. The highest BCUT2D eigenvalue weighted by atomic mass is 35.5. The highest BCUT2D eigenvalue weighted by Gasteiger charge is 2.35. The lowest BCUT2D eigenvalue weighted by molar-refractivity contribution is -0.146. The molecule has 0 spiro atoms. The first-order valence-corrected chi connectivity index (χ1v) is 5.59. The van der Waals surface area contributed by atoms with Crippen LogP contribution in [-0.4, -0.2) is 30.4 Å². The Morgan fingerprint density at radius 1 is 1.35 bits per heavy atom. The summed E-state index contributed by atoms with van der Waals surface area (Å²) in [4.78, 5) is 23.4. The number of ether oxygens (including phenoxy) is 1. The van der Waals surface area contributed by atoms with Gasteiger partial charge in [-0.05, 0) is 19.1 Å². The molecule has 1 unspecified atom stereocenters. The number of benzene rings is 1. The molecule has 0 heterocycles. The van der Waals surface area contributed by atoms with Gasteiger partial charge < -0.3 is 10.1 Å². The molecule has 4 nitrogen and oxygen atoms in total. The van der Waals surface area contributed by atoms with Crippen molar-refractivity contribution >= 4 is 23.5 Å². The molecule has 1 N–H and O–H groups in total. The van der Waals surface area contributed by atoms with Crippen LogP contribution in [0.15, 0.2) is 30.3 Å². The lowest BCUT2D eigenvalue weighted by Crippen LogP contribution is -2.54. The van der Waals surface area contributed by atoms with E-state index >= 15 is 0 Å². The predicted molar refractivity (Wildman–Crippen MR) is 65.0 cm³/mol. The van der Waals surface area contributed by atoms with E-state index in [9.17, 15) is 9.59 Å². The van der Waals surface area contributed by atoms with Gasteiger partial charge in [-0.1, -0.05) is 18.2 Å². The van der Waals surface area contributed by atoms with Crippen LogP contribution in [0.25, 0.3) is 0 Å². The highest BCUT2D eigenvalue weighted by molar-refractivity contribution is 6.20. The number of hydrogen-bond acceptors (Lipinski definition) is 3. The van der Waals surface area contributed by atoms with Crippen molar-refractivity contribution in [1.82, 2.24) is 5.32 Å². The van der Waals surface area contributed by atoms with Crippen LogP contribution < -0.4 is 5.32 Å². The van der Waals surface area contributed by atoms with E-state index in [0.29, 0.717) is 5.56 Å². The van der Waals surface area contributed by atoms with Crippen LogP contribution in [0.2, 0.25) is 0 Å². The van der Waals surface area contributed by atoms with Crippen LogP contribution in [0.4, 0.5) is 0 Å². The number of amides is 1. The Labute approximate surface area is 105 Å². The zero-order valence-corrected chi connectivity index (χ0v) is 10.5. The molecule has 1 amide bonds. The van der Waals surface area contributed by atoms with E-state index in [1.807, 2.05) is 0 Å². The van der Waals surface area contributed by atoms with E-state index in [0.717, 1.165) is 0 Å². The molecule has 0 saturated carbocycles. The van der Waals surface area contributed by atoms with E-state index in [1.165, 1.54) is 14.0 Å². The molecule has 0 aromatic heterocycles. The first kappa shape index (κ1) is 13.5. The van der Waals surface area contributed by atoms with Crippen LogP contribution >= 0.6 is 11.6 Å². The van der Waals surface area contributed by atoms with Crippen molar-refractivity contribution in [1.29, 1.82) is 0 Å². The summed E-state index contributed by atoms with van der Waals surface area (Å²) >= 11 is 5.70. The normalized spacial score (nSPS) is 13.6. The largest absolute Gasteiger partial charge is 0.467 e. The van der Waals surface area contributed by atoms with Gasteiger partial charge in [-0.2, -0.15) is 0 Å². The number of carbonyl (C=O) groups is 2. The predicted octanol–water partition coefficient (Wildman–Crippen LogP) is 1.59. The van der Waals surface area contributed by atoms with E-state index in [-0.39, 0.29) is 11.8 Å². The summed E-state index contributed by atoms with van der Waals surface area (Å²) in [5.74, 6) is -0.992. The lowest BCUT2D eigenvalue weighted by Gasteiger charge is -2.25. The number of methoxy groups -OCH3 is 1. The maximum Gasteiger partial charge on any atom is 0.332 e. The summed E-state index contributed by atoms with van der Waals surface area (Å²) in [6.07, 6.45) is 0. The Morgan fingerprint density at radius 2 is 1.94 bits per heavy atom. The Morgan fingerprint density at radius 3 is 2.41 bits per heavy atom. The summed E-state index contributed by atoms with van der Waals surface area (Å²) in [6.45, 7) is 1.52. The molecule has 0 radical (unpaired) electrons. The Hall–Kier alpha value is -1.55. The number of alkyl halides is 1. The van der Waals surface area contributed by atoms with Gasteiger partial charge in [0.2, 0.25) is 0 Å². The Bertz CT molecular complexity index is 407. The maximum atomic E-state index is 11.9. The Balaban J connectivity index is 2.83. The van der Waals surface area contributed by atoms with Gasteiger partial charge in [0.25, 0.3) is 5.91 Å². The van der Waals surface area contributed by atoms with E-state index in [2.05, 4.69) is 10.1 Å². The fraction of sp³-hybridized carbons (Fsp3) is 0.333. The number of nitrogens with one attached hydrogen (secondary N) is 1. The third-order valence-electron chi connectivity index (χ3n) is 2.33. The number of esters is 1. The number of halogens is 1. The monoisotopic (exact) mass is 255 g/mol. The molecule has 5 heteroatoms. The van der Waals surface area contributed by atoms with Gasteiger partial charge in [0.15, 0.2) is 0 Å². The minimum atomic E-state index is -1.22. The molecule has 0 bridgehead atoms. The van der Waals surface area contributed by atoms with Crippen molar-refractivity contribution in [3.63, 3.8) is 0 Å². The molecule has 17 heavy (non-hydrogen) atoms. The molecule has 0 aliphatic heterocycles. The van der Waals surface area contributed by atoms with Crippen LogP contribution in [0.1, 0.15) is 17.3 Å². The van der Waals surface area contributed by atoms with Crippen LogP contribution in [0.3, 0.4) is 0 Å². The van der Waals surface area contributed by atoms with Crippen molar-refractivity contribution in [2.24, 2.45) is 0 Å². The molecule has 0 saturated heterocycles.